The number of hydrogen-bond acceptors (Lipinski definition) is 7. The van der Waals surface area contributed by atoms with E-state index in [2.05, 4.69) is 19.8 Å². The molecule has 3 rings (SSSR count). The van der Waals surface area contributed by atoms with Crippen molar-refractivity contribution in [1.29, 1.82) is 0 Å². The number of nitrogens with two attached hydrogens (primary N) is 1. The summed E-state index contributed by atoms with van der Waals surface area (Å²) in [5, 5.41) is 8.41. The smallest absolute Gasteiger partial charge is 0.280 e. The van der Waals surface area contributed by atoms with Gasteiger partial charge in [0.25, 0.3) is 5.56 Å². The Balaban J connectivity index is 1.96. The zero-order valence-corrected chi connectivity index (χ0v) is 9.94. The zero-order chi connectivity index (χ0) is 13.4. The summed E-state index contributed by atoms with van der Waals surface area (Å²) < 4.78 is 7.34. The summed E-state index contributed by atoms with van der Waals surface area (Å²) in [6.45, 7) is 0.110. The number of hydrogen-bond donors (Lipinski definition) is 3. The van der Waals surface area contributed by atoms with Crippen molar-refractivity contribution in [2.45, 2.75) is 25.2 Å². The first kappa shape index (κ1) is 12.1. The highest BCUT2D eigenvalue weighted by Crippen LogP contribution is 2.29. The van der Waals surface area contributed by atoms with Crippen LogP contribution in [0.1, 0.15) is 19.1 Å². The number of nitrogens with one attached hydrogen (secondary N) is 1. The fourth-order valence-corrected chi connectivity index (χ4v) is 2.25. The lowest BCUT2D eigenvalue weighted by Gasteiger charge is -2.14. The third-order valence-electron chi connectivity index (χ3n) is 3.11. The first-order valence-corrected chi connectivity index (χ1v) is 5.83. The second-order valence-corrected chi connectivity index (χ2v) is 4.36. The van der Waals surface area contributed by atoms with Gasteiger partial charge in [0, 0.05) is 0 Å². The van der Waals surface area contributed by atoms with Crippen LogP contribution >= 0.6 is 0 Å². The van der Waals surface area contributed by atoms with Crippen LogP contribution in [0.3, 0.4) is 0 Å². The lowest BCUT2D eigenvalue weighted by molar-refractivity contribution is -0.260. The first-order chi connectivity index (χ1) is 9.19. The molecule has 1 aliphatic heterocycles. The fourth-order valence-electron chi connectivity index (χ4n) is 2.25. The lowest BCUT2D eigenvalue weighted by atomic mass is 10.2. The van der Waals surface area contributed by atoms with E-state index in [1.165, 1.54) is 6.33 Å². The fraction of sp³-hybridized carbons (Fsp3) is 0.500. The summed E-state index contributed by atoms with van der Waals surface area (Å²) in [5.41, 5.74) is 5.75. The number of anilines is 1. The average molecular weight is 267 g/mol. The number of imidazole rings is 1. The summed E-state index contributed by atoms with van der Waals surface area (Å²) in [5.74, 6) is 0.0347. The van der Waals surface area contributed by atoms with Gasteiger partial charge in [0.15, 0.2) is 11.2 Å². The Morgan fingerprint density at radius 2 is 2.47 bits per heavy atom. The summed E-state index contributed by atoms with van der Waals surface area (Å²) in [6, 6.07) is 0. The Bertz CT molecular complexity index is 651. The van der Waals surface area contributed by atoms with Crippen LogP contribution in [0.15, 0.2) is 11.1 Å². The molecule has 0 saturated carbocycles. The van der Waals surface area contributed by atoms with E-state index in [0.717, 1.165) is 6.42 Å². The molecule has 0 amide bonds. The van der Waals surface area contributed by atoms with Crippen LogP contribution in [0.5, 0.6) is 0 Å². The Morgan fingerprint density at radius 1 is 1.63 bits per heavy atom. The number of H-pyrrole nitrogens is 1. The maximum absolute atomic E-state index is 11.6. The molecular formula is C10H13N5O4. The molecule has 102 valence electrons. The molecular weight excluding hydrogens is 254 g/mol. The molecule has 0 spiro atoms. The van der Waals surface area contributed by atoms with E-state index in [0.29, 0.717) is 12.1 Å². The van der Waals surface area contributed by atoms with E-state index in [1.807, 2.05) is 0 Å². The molecule has 1 aliphatic rings. The third-order valence-corrected chi connectivity index (χ3v) is 3.11. The lowest BCUT2D eigenvalue weighted by Crippen LogP contribution is -2.17. The molecule has 0 bridgehead atoms. The van der Waals surface area contributed by atoms with E-state index in [1.54, 1.807) is 4.57 Å². The van der Waals surface area contributed by atoms with Gasteiger partial charge in [-0.3, -0.25) is 19.6 Å². The molecule has 1 fully saturated rings. The average Bonchev–Trinajstić information content (AvgIpc) is 2.95. The molecule has 9 heteroatoms. The molecule has 3 heterocycles. The maximum Gasteiger partial charge on any atom is 0.280 e. The second-order valence-electron chi connectivity index (χ2n) is 4.36. The molecule has 0 aromatic carbocycles. The van der Waals surface area contributed by atoms with Crippen molar-refractivity contribution in [2.75, 3.05) is 12.3 Å². The first-order valence-electron chi connectivity index (χ1n) is 5.83. The van der Waals surface area contributed by atoms with Crippen molar-refractivity contribution < 1.29 is 14.9 Å². The second kappa shape index (κ2) is 4.61. The Morgan fingerprint density at radius 3 is 3.26 bits per heavy atom. The molecule has 4 N–H and O–H groups in total. The molecule has 19 heavy (non-hydrogen) atoms. The van der Waals surface area contributed by atoms with Crippen LogP contribution < -0.4 is 11.3 Å². The predicted octanol–water partition coefficient (Wildman–Crippen LogP) is -0.131. The number of fused-ring (bicyclic) bond motifs is 1. The van der Waals surface area contributed by atoms with Crippen LogP contribution in [0.4, 0.5) is 5.95 Å². The maximum atomic E-state index is 11.6. The zero-order valence-electron chi connectivity index (χ0n) is 9.94. The van der Waals surface area contributed by atoms with Gasteiger partial charge in [0.05, 0.1) is 12.4 Å². The normalized spacial score (nSPS) is 23.2. The van der Waals surface area contributed by atoms with Crippen molar-refractivity contribution in [2.24, 2.45) is 0 Å². The summed E-state index contributed by atoms with van der Waals surface area (Å²) in [6.07, 6.45) is 2.47. The molecule has 9 nitrogen and oxygen atoms in total. The Labute approximate surface area is 106 Å². The van der Waals surface area contributed by atoms with Crippen LogP contribution in [0.25, 0.3) is 11.2 Å². The Kier molecular flexibility index (Phi) is 2.93. The molecule has 2 aromatic rings. The van der Waals surface area contributed by atoms with Crippen LogP contribution in [-0.2, 0) is 9.62 Å². The summed E-state index contributed by atoms with van der Waals surface area (Å²) >= 11 is 0. The van der Waals surface area contributed by atoms with Gasteiger partial charge in [-0.1, -0.05) is 0 Å². The minimum atomic E-state index is -0.380. The van der Waals surface area contributed by atoms with Crippen molar-refractivity contribution in [3.63, 3.8) is 0 Å². The van der Waals surface area contributed by atoms with Gasteiger partial charge in [0.1, 0.15) is 12.8 Å². The predicted molar refractivity (Wildman–Crippen MR) is 64.3 cm³/mol. The van der Waals surface area contributed by atoms with Gasteiger partial charge in [0.2, 0.25) is 5.95 Å². The van der Waals surface area contributed by atoms with E-state index < -0.39 is 0 Å². The number of aromatic nitrogens is 4. The van der Waals surface area contributed by atoms with Crippen molar-refractivity contribution in [3.8, 4) is 0 Å². The van der Waals surface area contributed by atoms with Gasteiger partial charge in [-0.2, -0.15) is 4.98 Å². The highest BCUT2D eigenvalue weighted by molar-refractivity contribution is 5.70. The van der Waals surface area contributed by atoms with Crippen LogP contribution in [0, 0.1) is 0 Å². The van der Waals surface area contributed by atoms with E-state index in [9.17, 15) is 4.79 Å². The third kappa shape index (κ3) is 2.07. The van der Waals surface area contributed by atoms with Crippen molar-refractivity contribution >= 4 is 17.1 Å². The van der Waals surface area contributed by atoms with Crippen molar-refractivity contribution in [3.05, 3.63) is 16.7 Å². The van der Waals surface area contributed by atoms with E-state index >= 15 is 0 Å². The number of ether oxygens (including phenoxy) is 1. The van der Waals surface area contributed by atoms with Crippen molar-refractivity contribution in [1.82, 2.24) is 19.5 Å². The summed E-state index contributed by atoms with van der Waals surface area (Å²) in [7, 11) is 0. The molecule has 2 atom stereocenters. The molecule has 2 aromatic heterocycles. The van der Waals surface area contributed by atoms with Gasteiger partial charge in [-0.25, -0.2) is 9.87 Å². The van der Waals surface area contributed by atoms with Gasteiger partial charge in [-0.15, -0.1) is 0 Å². The largest absolute Gasteiger partial charge is 0.369 e. The standard InChI is InChI=1S/C10H13N5O4/c11-10-13-8-7(9(16)14-10)12-4-15(8)6-2-1-5(19-6)3-18-17/h4-6,17H,1-3H2,(H3,11,13,14,16)/t5-,6+/m0/s1. The molecule has 0 radical (unpaired) electrons. The highest BCUT2D eigenvalue weighted by Gasteiger charge is 2.28. The van der Waals surface area contributed by atoms with E-state index in [4.69, 9.17) is 15.7 Å². The van der Waals surface area contributed by atoms with Gasteiger partial charge >= 0.3 is 0 Å². The highest BCUT2D eigenvalue weighted by atomic mass is 17.1. The number of nitrogens with zero attached hydrogens (tertiary/aromatic N) is 3. The van der Waals surface area contributed by atoms with Gasteiger partial charge < -0.3 is 10.5 Å². The van der Waals surface area contributed by atoms with Crippen LogP contribution in [0.2, 0.25) is 0 Å². The molecule has 0 unspecified atom stereocenters. The number of rotatable bonds is 3. The molecule has 0 aliphatic carbocycles. The van der Waals surface area contributed by atoms with Gasteiger partial charge in [-0.05, 0) is 12.8 Å². The SMILES string of the molecule is Nc1nc2c(ncn2[C@H]2CC[C@@H](COO)O2)c(=O)[nH]1. The monoisotopic (exact) mass is 267 g/mol. The number of aromatic amines is 1. The minimum absolute atomic E-state index is 0.0347. The number of nitrogen functional groups attached to an aromatic ring is 1. The molecule has 1 saturated heterocycles. The minimum Gasteiger partial charge on any atom is -0.369 e. The topological polar surface area (TPSA) is 128 Å². The van der Waals surface area contributed by atoms with E-state index in [-0.39, 0.29) is 36.0 Å². The Hall–Kier alpha value is -1.97. The summed E-state index contributed by atoms with van der Waals surface area (Å²) in [4.78, 5) is 26.2. The quantitative estimate of drug-likeness (QED) is 0.521. The van der Waals surface area contributed by atoms with Crippen LogP contribution in [-0.4, -0.2) is 37.5 Å².